The van der Waals surface area contributed by atoms with E-state index in [0.717, 1.165) is 0 Å². The number of hydrogen-bond acceptors (Lipinski definition) is 3. The summed E-state index contributed by atoms with van der Waals surface area (Å²) < 4.78 is 5.13. The van der Waals surface area contributed by atoms with Gasteiger partial charge in [0.25, 0.3) is 0 Å². The predicted octanol–water partition coefficient (Wildman–Crippen LogP) is 1.31. The number of urea groups is 1. The Morgan fingerprint density at radius 1 is 1.39 bits per heavy atom. The highest BCUT2D eigenvalue weighted by Gasteiger charge is 2.16. The van der Waals surface area contributed by atoms with Crippen LogP contribution in [0.3, 0.4) is 0 Å². The van der Waals surface area contributed by atoms with Gasteiger partial charge in [-0.15, -0.1) is 0 Å². The Labute approximate surface area is 108 Å². The van der Waals surface area contributed by atoms with Gasteiger partial charge < -0.3 is 20.1 Å². The number of carboxylic acid groups (broad SMARTS) is 1. The summed E-state index contributed by atoms with van der Waals surface area (Å²) in [6.45, 7) is 7.74. The fraction of sp³-hybridized carbons (Fsp3) is 0.833. The van der Waals surface area contributed by atoms with Crippen molar-refractivity contribution in [2.24, 2.45) is 0 Å². The Balaban J connectivity index is 3.99. The number of amides is 2. The lowest BCUT2D eigenvalue weighted by atomic mass is 10.2. The molecule has 0 aromatic rings. The molecule has 0 bridgehead atoms. The smallest absolute Gasteiger partial charge is 0.317 e. The van der Waals surface area contributed by atoms with Gasteiger partial charge in [-0.3, -0.25) is 4.79 Å². The average Bonchev–Trinajstić information content (AvgIpc) is 2.29. The van der Waals surface area contributed by atoms with Crippen LogP contribution in [0.5, 0.6) is 0 Å². The summed E-state index contributed by atoms with van der Waals surface area (Å²) in [5, 5.41) is 11.3. The van der Waals surface area contributed by atoms with Gasteiger partial charge in [0.1, 0.15) is 0 Å². The van der Waals surface area contributed by atoms with Crippen molar-refractivity contribution < 1.29 is 19.4 Å². The van der Waals surface area contributed by atoms with Crippen molar-refractivity contribution in [3.63, 3.8) is 0 Å². The van der Waals surface area contributed by atoms with Crippen molar-refractivity contribution in [2.45, 2.75) is 39.7 Å². The van der Waals surface area contributed by atoms with E-state index >= 15 is 0 Å². The van der Waals surface area contributed by atoms with E-state index in [1.165, 1.54) is 0 Å². The van der Waals surface area contributed by atoms with E-state index in [1.54, 1.807) is 4.90 Å². The minimum atomic E-state index is -0.838. The van der Waals surface area contributed by atoms with Crippen LogP contribution in [-0.4, -0.2) is 54.4 Å². The van der Waals surface area contributed by atoms with Crippen LogP contribution in [0.25, 0.3) is 0 Å². The van der Waals surface area contributed by atoms with Crippen molar-refractivity contribution >= 4 is 12.0 Å². The zero-order valence-corrected chi connectivity index (χ0v) is 11.4. The molecule has 0 rings (SSSR count). The summed E-state index contributed by atoms with van der Waals surface area (Å²) in [7, 11) is 0. The molecule has 0 heterocycles. The Morgan fingerprint density at radius 3 is 2.56 bits per heavy atom. The average molecular weight is 260 g/mol. The second-order valence-corrected chi connectivity index (χ2v) is 4.21. The lowest BCUT2D eigenvalue weighted by Crippen LogP contribution is -2.45. The minimum absolute atomic E-state index is 0.0471. The number of carboxylic acids is 1. The third-order valence-corrected chi connectivity index (χ3v) is 2.40. The molecule has 18 heavy (non-hydrogen) atoms. The summed E-state index contributed by atoms with van der Waals surface area (Å²) >= 11 is 0. The first-order valence-corrected chi connectivity index (χ1v) is 6.33. The molecule has 0 saturated carbocycles. The fourth-order valence-corrected chi connectivity index (χ4v) is 1.47. The number of ether oxygens (including phenoxy) is 1. The first kappa shape index (κ1) is 16.7. The monoisotopic (exact) mass is 260 g/mol. The highest BCUT2D eigenvalue weighted by Crippen LogP contribution is 2.02. The van der Waals surface area contributed by atoms with E-state index < -0.39 is 5.97 Å². The number of aliphatic carboxylic acids is 1. The van der Waals surface area contributed by atoms with E-state index in [2.05, 4.69) is 5.32 Å². The second kappa shape index (κ2) is 9.70. The van der Waals surface area contributed by atoms with Gasteiger partial charge in [0.05, 0.1) is 6.61 Å². The van der Waals surface area contributed by atoms with Crippen LogP contribution >= 0.6 is 0 Å². The molecule has 0 aromatic heterocycles. The molecule has 106 valence electrons. The van der Waals surface area contributed by atoms with Gasteiger partial charge in [-0.1, -0.05) is 0 Å². The maximum absolute atomic E-state index is 11.8. The molecule has 2 N–H and O–H groups in total. The normalized spacial score (nSPS) is 10.4. The number of nitrogens with one attached hydrogen (secondary N) is 1. The molecule has 0 aliphatic carbocycles. The highest BCUT2D eigenvalue weighted by molar-refractivity contribution is 5.74. The molecule has 0 aromatic carbocycles. The van der Waals surface area contributed by atoms with Gasteiger partial charge in [0, 0.05) is 32.2 Å². The first-order valence-electron chi connectivity index (χ1n) is 6.33. The topological polar surface area (TPSA) is 78.9 Å². The van der Waals surface area contributed by atoms with E-state index in [0.29, 0.717) is 32.7 Å². The Bertz CT molecular complexity index is 256. The SMILES string of the molecule is CCOCCNC(=O)N(CCCC(=O)O)C(C)C. The van der Waals surface area contributed by atoms with Crippen LogP contribution in [0.2, 0.25) is 0 Å². The van der Waals surface area contributed by atoms with E-state index in [4.69, 9.17) is 9.84 Å². The van der Waals surface area contributed by atoms with E-state index in [1.807, 2.05) is 20.8 Å². The lowest BCUT2D eigenvalue weighted by Gasteiger charge is -2.26. The Kier molecular flexibility index (Phi) is 9.00. The molecule has 2 amide bonds. The van der Waals surface area contributed by atoms with Gasteiger partial charge in [-0.2, -0.15) is 0 Å². The van der Waals surface area contributed by atoms with Crippen molar-refractivity contribution in [1.82, 2.24) is 10.2 Å². The molecule has 0 spiro atoms. The maximum Gasteiger partial charge on any atom is 0.317 e. The van der Waals surface area contributed by atoms with Crippen LogP contribution in [0.4, 0.5) is 4.79 Å². The number of carbonyl (C=O) groups excluding carboxylic acids is 1. The summed E-state index contributed by atoms with van der Waals surface area (Å²) in [4.78, 5) is 23.9. The first-order chi connectivity index (χ1) is 8.49. The van der Waals surface area contributed by atoms with Gasteiger partial charge in [-0.05, 0) is 27.2 Å². The molecule has 0 fully saturated rings. The zero-order valence-electron chi connectivity index (χ0n) is 11.4. The van der Waals surface area contributed by atoms with Crippen LogP contribution in [0.15, 0.2) is 0 Å². The van der Waals surface area contributed by atoms with Gasteiger partial charge in [-0.25, -0.2) is 4.79 Å². The predicted molar refractivity (Wildman–Crippen MR) is 68.6 cm³/mol. The van der Waals surface area contributed by atoms with Crippen LogP contribution in [0, 0.1) is 0 Å². The van der Waals surface area contributed by atoms with Gasteiger partial charge in [0.15, 0.2) is 0 Å². The molecule has 0 aliphatic rings. The molecule has 0 aliphatic heterocycles. The zero-order chi connectivity index (χ0) is 14.0. The van der Waals surface area contributed by atoms with Crippen molar-refractivity contribution in [2.75, 3.05) is 26.3 Å². The fourth-order valence-electron chi connectivity index (χ4n) is 1.47. The van der Waals surface area contributed by atoms with Crippen LogP contribution in [0.1, 0.15) is 33.6 Å². The third kappa shape index (κ3) is 7.89. The lowest BCUT2D eigenvalue weighted by molar-refractivity contribution is -0.137. The summed E-state index contributed by atoms with van der Waals surface area (Å²) in [6.07, 6.45) is 0.543. The number of carbonyl (C=O) groups is 2. The molecular weight excluding hydrogens is 236 g/mol. The number of nitrogens with zero attached hydrogens (tertiary/aromatic N) is 1. The highest BCUT2D eigenvalue weighted by atomic mass is 16.5. The van der Waals surface area contributed by atoms with E-state index in [-0.39, 0.29) is 18.5 Å². The maximum atomic E-state index is 11.8. The Hall–Kier alpha value is -1.30. The molecule has 0 unspecified atom stereocenters. The van der Waals surface area contributed by atoms with Gasteiger partial charge >= 0.3 is 12.0 Å². The standard InChI is InChI=1S/C12H24N2O4/c1-4-18-9-7-13-12(17)14(10(2)3)8-5-6-11(15)16/h10H,4-9H2,1-3H3,(H,13,17)(H,15,16). The largest absolute Gasteiger partial charge is 0.481 e. The summed E-state index contributed by atoms with van der Waals surface area (Å²) in [5.41, 5.74) is 0. The molecule has 6 nitrogen and oxygen atoms in total. The number of rotatable bonds is 9. The third-order valence-electron chi connectivity index (χ3n) is 2.40. The number of hydrogen-bond donors (Lipinski definition) is 2. The summed E-state index contributed by atoms with van der Waals surface area (Å²) in [5.74, 6) is -0.838. The Morgan fingerprint density at radius 2 is 2.06 bits per heavy atom. The molecule has 0 radical (unpaired) electrons. The second-order valence-electron chi connectivity index (χ2n) is 4.21. The quantitative estimate of drug-likeness (QED) is 0.613. The van der Waals surface area contributed by atoms with Crippen molar-refractivity contribution in [3.8, 4) is 0 Å². The van der Waals surface area contributed by atoms with Crippen LogP contribution in [-0.2, 0) is 9.53 Å². The molecule has 0 atom stereocenters. The molecule has 6 heteroatoms. The van der Waals surface area contributed by atoms with Crippen molar-refractivity contribution in [1.29, 1.82) is 0 Å². The van der Waals surface area contributed by atoms with E-state index in [9.17, 15) is 9.59 Å². The van der Waals surface area contributed by atoms with Crippen molar-refractivity contribution in [3.05, 3.63) is 0 Å². The molecule has 0 saturated heterocycles. The van der Waals surface area contributed by atoms with Crippen LogP contribution < -0.4 is 5.32 Å². The molecular formula is C12H24N2O4. The van der Waals surface area contributed by atoms with Gasteiger partial charge in [0.2, 0.25) is 0 Å². The minimum Gasteiger partial charge on any atom is -0.481 e. The summed E-state index contributed by atoms with van der Waals surface area (Å²) in [6, 6.07) is -0.124.